The van der Waals surface area contributed by atoms with Crippen molar-refractivity contribution in [2.75, 3.05) is 19.8 Å². The molecule has 2 N–H and O–H groups in total. The number of alkyl halides is 2. The second-order valence-electron chi connectivity index (χ2n) is 3.69. The monoisotopic (exact) mass is 270 g/mol. The number of rotatable bonds is 6. The van der Waals surface area contributed by atoms with Crippen LogP contribution in [0, 0.1) is 11.3 Å². The van der Waals surface area contributed by atoms with Gasteiger partial charge in [-0.1, -0.05) is 12.1 Å². The molecule has 0 spiro atoms. The molecule has 0 heterocycles. The molecule has 1 rings (SSSR count). The molecule has 5 nitrogen and oxygen atoms in total. The number of hydrogen-bond donors (Lipinski definition) is 2. The summed E-state index contributed by atoms with van der Waals surface area (Å²) >= 11 is 0. The minimum Gasteiger partial charge on any atom is -0.482 e. The van der Waals surface area contributed by atoms with Crippen LogP contribution < -0.4 is 10.1 Å². The Bertz CT molecular complexity index is 486. The molecule has 1 amide bonds. The number of para-hydroxylation sites is 1. The molecule has 0 radical (unpaired) electrons. The number of ether oxygens (including phenoxy) is 1. The lowest BCUT2D eigenvalue weighted by Gasteiger charge is -2.14. The van der Waals surface area contributed by atoms with E-state index in [0.29, 0.717) is 0 Å². The molecule has 7 heteroatoms. The number of nitrogens with one attached hydrogen (secondary N) is 1. The maximum Gasteiger partial charge on any atom is 0.287 e. The molecule has 1 aromatic rings. The van der Waals surface area contributed by atoms with Gasteiger partial charge in [0, 0.05) is 0 Å². The molecule has 0 aliphatic rings. The zero-order chi connectivity index (χ0) is 14.3. The second-order valence-corrected chi connectivity index (χ2v) is 3.69. The molecule has 0 aromatic heterocycles. The van der Waals surface area contributed by atoms with Crippen molar-refractivity contribution in [1.82, 2.24) is 5.32 Å². The standard InChI is InChI=1S/C12H12F2N2O3/c13-12(14,8-17)7-16-11(18)6-19-10-4-2-1-3-9(10)5-15/h1-4,17H,6-8H2,(H,16,18). The van der Waals surface area contributed by atoms with Crippen LogP contribution in [0.1, 0.15) is 5.56 Å². The fourth-order valence-electron chi connectivity index (χ4n) is 1.16. The van der Waals surface area contributed by atoms with Crippen molar-refractivity contribution < 1.29 is 23.4 Å². The van der Waals surface area contributed by atoms with Crippen molar-refractivity contribution in [2.45, 2.75) is 5.92 Å². The normalized spacial score (nSPS) is 10.6. The number of amides is 1. The van der Waals surface area contributed by atoms with Crippen LogP contribution in [0.4, 0.5) is 8.78 Å². The Hall–Kier alpha value is -2.20. The van der Waals surface area contributed by atoms with Gasteiger partial charge >= 0.3 is 0 Å². The lowest BCUT2D eigenvalue weighted by atomic mass is 10.2. The zero-order valence-electron chi connectivity index (χ0n) is 9.90. The Morgan fingerprint density at radius 2 is 2.16 bits per heavy atom. The number of benzene rings is 1. The van der Waals surface area contributed by atoms with E-state index in [1.54, 1.807) is 12.1 Å². The predicted octanol–water partition coefficient (Wildman–Crippen LogP) is 0.681. The number of hydrogen-bond acceptors (Lipinski definition) is 4. The van der Waals surface area contributed by atoms with Crippen LogP contribution in [0.2, 0.25) is 0 Å². The third kappa shape index (κ3) is 4.89. The number of carbonyl (C=O) groups is 1. The van der Waals surface area contributed by atoms with Crippen molar-refractivity contribution in [3.63, 3.8) is 0 Å². The first-order valence-corrected chi connectivity index (χ1v) is 5.36. The van der Waals surface area contributed by atoms with Crippen molar-refractivity contribution >= 4 is 5.91 Å². The van der Waals surface area contributed by atoms with Gasteiger partial charge in [-0.2, -0.15) is 5.26 Å². The van der Waals surface area contributed by atoms with Gasteiger partial charge in [0.2, 0.25) is 0 Å². The van der Waals surface area contributed by atoms with E-state index >= 15 is 0 Å². The highest BCUT2D eigenvalue weighted by atomic mass is 19.3. The quantitative estimate of drug-likeness (QED) is 0.796. The third-order valence-corrected chi connectivity index (χ3v) is 2.14. The predicted molar refractivity (Wildman–Crippen MR) is 61.7 cm³/mol. The van der Waals surface area contributed by atoms with E-state index in [1.165, 1.54) is 12.1 Å². The van der Waals surface area contributed by atoms with E-state index in [0.717, 1.165) is 0 Å². The molecule has 0 fully saturated rings. The lowest BCUT2D eigenvalue weighted by molar-refractivity contribution is -0.126. The van der Waals surface area contributed by atoms with E-state index in [-0.39, 0.29) is 11.3 Å². The summed E-state index contributed by atoms with van der Waals surface area (Å²) in [5, 5.41) is 19.0. The number of aliphatic hydroxyl groups excluding tert-OH is 1. The summed E-state index contributed by atoms with van der Waals surface area (Å²) in [7, 11) is 0. The fraction of sp³-hybridized carbons (Fsp3) is 0.333. The molecule has 1 aromatic carbocycles. The van der Waals surface area contributed by atoms with Gasteiger partial charge < -0.3 is 15.2 Å². The SMILES string of the molecule is N#Cc1ccccc1OCC(=O)NCC(F)(F)CO. The molecule has 0 saturated heterocycles. The summed E-state index contributed by atoms with van der Waals surface area (Å²) in [6, 6.07) is 8.13. The van der Waals surface area contributed by atoms with Crippen LogP contribution in [-0.2, 0) is 4.79 Å². The van der Waals surface area contributed by atoms with Crippen LogP contribution in [-0.4, -0.2) is 36.7 Å². The zero-order valence-corrected chi connectivity index (χ0v) is 9.90. The van der Waals surface area contributed by atoms with Crippen LogP contribution in [0.3, 0.4) is 0 Å². The van der Waals surface area contributed by atoms with Gasteiger partial charge in [0.15, 0.2) is 6.61 Å². The third-order valence-electron chi connectivity index (χ3n) is 2.14. The van der Waals surface area contributed by atoms with Crippen molar-refractivity contribution in [3.05, 3.63) is 29.8 Å². The van der Waals surface area contributed by atoms with E-state index < -0.39 is 31.6 Å². The smallest absolute Gasteiger partial charge is 0.287 e. The fourth-order valence-corrected chi connectivity index (χ4v) is 1.16. The summed E-state index contributed by atoms with van der Waals surface area (Å²) in [6.07, 6.45) is 0. The Balaban J connectivity index is 2.45. The molecular formula is C12H12F2N2O3. The molecule has 0 aliphatic carbocycles. The van der Waals surface area contributed by atoms with E-state index in [9.17, 15) is 13.6 Å². The Kier molecular flexibility index (Phi) is 5.21. The minimum atomic E-state index is -3.36. The molecule has 0 aliphatic heterocycles. The lowest BCUT2D eigenvalue weighted by Crippen LogP contribution is -2.40. The average Bonchev–Trinajstić information content (AvgIpc) is 2.43. The van der Waals surface area contributed by atoms with Crippen molar-refractivity contribution in [1.29, 1.82) is 5.26 Å². The van der Waals surface area contributed by atoms with Gasteiger partial charge in [0.1, 0.15) is 18.4 Å². The second kappa shape index (κ2) is 6.66. The number of aliphatic hydroxyl groups is 1. The summed E-state index contributed by atoms with van der Waals surface area (Å²) < 4.78 is 30.3. The van der Waals surface area contributed by atoms with Gasteiger partial charge in [-0.15, -0.1) is 0 Å². The van der Waals surface area contributed by atoms with Gasteiger partial charge in [-0.05, 0) is 12.1 Å². The van der Waals surface area contributed by atoms with Gasteiger partial charge in [0.25, 0.3) is 11.8 Å². The first kappa shape index (κ1) is 14.9. The highest BCUT2D eigenvalue weighted by Gasteiger charge is 2.28. The number of nitrogens with zero attached hydrogens (tertiary/aromatic N) is 1. The topological polar surface area (TPSA) is 82.3 Å². The molecular weight excluding hydrogens is 258 g/mol. The molecule has 102 valence electrons. The Labute approximate surface area is 108 Å². The largest absolute Gasteiger partial charge is 0.482 e. The molecule has 0 bridgehead atoms. The molecule has 0 unspecified atom stereocenters. The highest BCUT2D eigenvalue weighted by Crippen LogP contribution is 2.16. The summed E-state index contributed by atoms with van der Waals surface area (Å²) in [6.45, 7) is -2.79. The van der Waals surface area contributed by atoms with Gasteiger partial charge in [0.05, 0.1) is 12.1 Å². The number of carbonyl (C=O) groups excluding carboxylic acids is 1. The maximum absolute atomic E-state index is 12.6. The first-order chi connectivity index (χ1) is 8.98. The summed E-state index contributed by atoms with van der Waals surface area (Å²) in [4.78, 5) is 11.2. The van der Waals surface area contributed by atoms with Crippen LogP contribution in [0.15, 0.2) is 24.3 Å². The molecule has 19 heavy (non-hydrogen) atoms. The average molecular weight is 270 g/mol. The van der Waals surface area contributed by atoms with Crippen molar-refractivity contribution in [2.24, 2.45) is 0 Å². The van der Waals surface area contributed by atoms with Gasteiger partial charge in [-0.3, -0.25) is 4.79 Å². The van der Waals surface area contributed by atoms with Crippen molar-refractivity contribution in [3.8, 4) is 11.8 Å². The highest BCUT2D eigenvalue weighted by molar-refractivity contribution is 5.77. The Morgan fingerprint density at radius 3 is 2.79 bits per heavy atom. The summed E-state index contributed by atoms with van der Waals surface area (Å²) in [5.41, 5.74) is 0.246. The van der Waals surface area contributed by atoms with Crippen LogP contribution >= 0.6 is 0 Å². The van der Waals surface area contributed by atoms with Crippen LogP contribution in [0.25, 0.3) is 0 Å². The van der Waals surface area contributed by atoms with E-state index in [2.05, 4.69) is 0 Å². The molecule has 0 saturated carbocycles. The maximum atomic E-state index is 12.6. The Morgan fingerprint density at radius 1 is 1.47 bits per heavy atom. The van der Waals surface area contributed by atoms with E-state index in [1.807, 2.05) is 11.4 Å². The van der Waals surface area contributed by atoms with Crippen LogP contribution in [0.5, 0.6) is 5.75 Å². The summed E-state index contributed by atoms with van der Waals surface area (Å²) in [5.74, 6) is -3.92. The minimum absolute atomic E-state index is 0.203. The van der Waals surface area contributed by atoms with Gasteiger partial charge in [-0.25, -0.2) is 8.78 Å². The first-order valence-electron chi connectivity index (χ1n) is 5.36. The molecule has 0 atom stereocenters. The number of nitriles is 1. The number of halogens is 2. The van der Waals surface area contributed by atoms with E-state index in [4.69, 9.17) is 15.1 Å².